The normalized spacial score (nSPS) is 10.8. The molecule has 0 unspecified atom stereocenters. The van der Waals surface area contributed by atoms with Crippen LogP contribution < -0.4 is 10.7 Å². The number of aromatic nitrogens is 1. The van der Waals surface area contributed by atoms with Crippen molar-refractivity contribution in [3.05, 3.63) is 80.7 Å². The topological polar surface area (TPSA) is 84.7 Å². The summed E-state index contributed by atoms with van der Waals surface area (Å²) in [7, 11) is 1.36. The van der Waals surface area contributed by atoms with Crippen LogP contribution in [-0.4, -0.2) is 36.3 Å². The predicted octanol–water partition coefficient (Wildman–Crippen LogP) is 4.05. The number of methoxy groups -OCH3 is 1. The quantitative estimate of drug-likeness (QED) is 0.209. The molecule has 0 atom stereocenters. The van der Waals surface area contributed by atoms with Gasteiger partial charge in [0, 0.05) is 31.9 Å². The molecule has 160 valence electrons. The third-order valence-electron chi connectivity index (χ3n) is 4.71. The Labute approximate surface area is 194 Å². The van der Waals surface area contributed by atoms with Gasteiger partial charge in [-0.1, -0.05) is 0 Å². The first-order chi connectivity index (χ1) is 14.9. The number of benzene rings is 2. The zero-order valence-electron chi connectivity index (χ0n) is 17.5. The van der Waals surface area contributed by atoms with Crippen molar-refractivity contribution >= 4 is 46.4 Å². The molecular weight excluding hydrogens is 507 g/mol. The van der Waals surface area contributed by atoms with E-state index in [2.05, 4.69) is 43.0 Å². The average molecular weight is 530 g/mol. The van der Waals surface area contributed by atoms with Crippen LogP contribution in [0.25, 0.3) is 5.69 Å². The molecule has 1 amide bonds. The maximum atomic E-state index is 12.0. The third-order valence-corrected chi connectivity index (χ3v) is 5.43. The van der Waals surface area contributed by atoms with Gasteiger partial charge in [-0.05, 0) is 91.0 Å². The highest BCUT2D eigenvalue weighted by molar-refractivity contribution is 14.1. The smallest absolute Gasteiger partial charge is 0.337 e. The summed E-state index contributed by atoms with van der Waals surface area (Å²) in [4.78, 5) is 23.7. The number of anilines is 1. The van der Waals surface area contributed by atoms with E-state index in [-0.39, 0.29) is 18.4 Å². The molecule has 0 bridgehead atoms. The summed E-state index contributed by atoms with van der Waals surface area (Å²) in [6, 6.07) is 17.0. The first kappa shape index (κ1) is 22.5. The van der Waals surface area contributed by atoms with Crippen molar-refractivity contribution in [1.29, 1.82) is 0 Å². The average Bonchev–Trinajstić information content (AvgIpc) is 3.06. The van der Waals surface area contributed by atoms with Crippen molar-refractivity contribution in [2.75, 3.05) is 19.0 Å². The molecule has 2 aromatic carbocycles. The number of hydrogen-bond donors (Lipinski definition) is 2. The van der Waals surface area contributed by atoms with E-state index >= 15 is 0 Å². The molecule has 0 saturated heterocycles. The molecule has 3 rings (SSSR count). The largest absolute Gasteiger partial charge is 0.465 e. The molecule has 8 heteroatoms. The molecule has 0 fully saturated rings. The van der Waals surface area contributed by atoms with Gasteiger partial charge in [-0.2, -0.15) is 5.10 Å². The Morgan fingerprint density at radius 1 is 1.10 bits per heavy atom. The van der Waals surface area contributed by atoms with E-state index in [4.69, 9.17) is 4.74 Å². The highest BCUT2D eigenvalue weighted by Crippen LogP contribution is 2.20. The summed E-state index contributed by atoms with van der Waals surface area (Å²) in [6.07, 6.45) is 1.63. The van der Waals surface area contributed by atoms with Gasteiger partial charge in [0.05, 0.1) is 25.4 Å². The fourth-order valence-corrected chi connectivity index (χ4v) is 3.50. The van der Waals surface area contributed by atoms with Crippen molar-refractivity contribution in [3.8, 4) is 5.69 Å². The number of carbonyl (C=O) groups excluding carboxylic acids is 2. The van der Waals surface area contributed by atoms with Crippen LogP contribution in [0.2, 0.25) is 0 Å². The van der Waals surface area contributed by atoms with E-state index in [9.17, 15) is 9.59 Å². The molecule has 0 aliphatic carbocycles. The number of ether oxygens (including phenoxy) is 1. The second kappa shape index (κ2) is 10.3. The van der Waals surface area contributed by atoms with Crippen molar-refractivity contribution in [1.82, 2.24) is 9.99 Å². The van der Waals surface area contributed by atoms with Crippen LogP contribution in [0.1, 0.15) is 27.3 Å². The molecule has 0 radical (unpaired) electrons. The second-order valence-corrected chi connectivity index (χ2v) is 8.10. The van der Waals surface area contributed by atoms with Gasteiger partial charge in [-0.25, -0.2) is 10.2 Å². The lowest BCUT2D eigenvalue weighted by atomic mass is 10.2. The Morgan fingerprint density at radius 3 is 2.42 bits per heavy atom. The lowest BCUT2D eigenvalue weighted by molar-refractivity contribution is -0.119. The van der Waals surface area contributed by atoms with Crippen LogP contribution >= 0.6 is 22.6 Å². The number of halogens is 1. The minimum Gasteiger partial charge on any atom is -0.465 e. The maximum Gasteiger partial charge on any atom is 0.337 e. The number of nitrogens with one attached hydrogen (secondary N) is 2. The molecule has 1 heterocycles. The molecule has 7 nitrogen and oxygen atoms in total. The number of rotatable bonds is 7. The monoisotopic (exact) mass is 530 g/mol. The highest BCUT2D eigenvalue weighted by Gasteiger charge is 2.11. The molecule has 0 aliphatic rings. The summed E-state index contributed by atoms with van der Waals surface area (Å²) in [5.74, 6) is -0.602. The summed E-state index contributed by atoms with van der Waals surface area (Å²) in [5.41, 5.74) is 7.71. The van der Waals surface area contributed by atoms with Crippen LogP contribution in [0.3, 0.4) is 0 Å². The minimum absolute atomic E-state index is 0.128. The molecule has 31 heavy (non-hydrogen) atoms. The van der Waals surface area contributed by atoms with Crippen molar-refractivity contribution in [2.24, 2.45) is 5.10 Å². The Bertz CT molecular complexity index is 1100. The van der Waals surface area contributed by atoms with E-state index in [0.717, 1.165) is 31.9 Å². The molecule has 0 spiro atoms. The lowest BCUT2D eigenvalue weighted by Crippen LogP contribution is -2.25. The summed E-state index contributed by atoms with van der Waals surface area (Å²) in [6.45, 7) is 4.09. The number of nitrogens with zero attached hydrogens (tertiary/aromatic N) is 2. The Balaban J connectivity index is 1.63. The first-order valence-electron chi connectivity index (χ1n) is 9.58. The van der Waals surface area contributed by atoms with Crippen molar-refractivity contribution < 1.29 is 14.3 Å². The van der Waals surface area contributed by atoms with E-state index < -0.39 is 0 Å². The van der Waals surface area contributed by atoms with Crippen LogP contribution in [-0.2, 0) is 9.53 Å². The molecule has 2 N–H and O–H groups in total. The number of carbonyl (C=O) groups is 2. The second-order valence-electron chi connectivity index (χ2n) is 6.85. The predicted molar refractivity (Wildman–Crippen MR) is 130 cm³/mol. The number of hydrazone groups is 1. The Morgan fingerprint density at radius 2 is 1.77 bits per heavy atom. The van der Waals surface area contributed by atoms with Gasteiger partial charge in [0.15, 0.2) is 0 Å². The molecule has 3 aromatic rings. The van der Waals surface area contributed by atoms with Crippen LogP contribution in [0.4, 0.5) is 5.69 Å². The lowest BCUT2D eigenvalue weighted by Gasteiger charge is -2.10. The summed E-state index contributed by atoms with van der Waals surface area (Å²) < 4.78 is 7.93. The van der Waals surface area contributed by atoms with Crippen molar-refractivity contribution in [2.45, 2.75) is 13.8 Å². The zero-order chi connectivity index (χ0) is 22.4. The number of aryl methyl sites for hydroxylation is 1. The van der Waals surface area contributed by atoms with E-state index in [0.29, 0.717) is 5.56 Å². The van der Waals surface area contributed by atoms with Gasteiger partial charge in [0.25, 0.3) is 5.91 Å². The van der Waals surface area contributed by atoms with E-state index in [1.165, 1.54) is 7.11 Å². The molecule has 1 aromatic heterocycles. The van der Waals surface area contributed by atoms with Crippen LogP contribution in [0.15, 0.2) is 59.7 Å². The maximum absolute atomic E-state index is 12.0. The first-order valence-corrected chi connectivity index (χ1v) is 10.7. The highest BCUT2D eigenvalue weighted by atomic mass is 127. The van der Waals surface area contributed by atoms with Gasteiger partial charge in [0.2, 0.25) is 0 Å². The SMILES string of the molecule is COC(=O)c1ccc(-n2c(C)cc(/C=N\NC(=O)CNc3ccc(I)cc3)c2C)cc1. The minimum atomic E-state index is -0.368. The number of esters is 1. The van der Waals surface area contributed by atoms with Gasteiger partial charge in [-0.3, -0.25) is 4.79 Å². The standard InChI is InChI=1S/C23H23IN4O3/c1-15-12-18(13-26-27-22(29)14-25-20-8-6-19(24)7-9-20)16(2)28(15)21-10-4-17(5-11-21)23(30)31-3/h4-13,25H,14H2,1-3H3,(H,27,29)/b26-13-. The van der Waals surface area contributed by atoms with Gasteiger partial charge >= 0.3 is 5.97 Å². The van der Waals surface area contributed by atoms with Crippen molar-refractivity contribution in [3.63, 3.8) is 0 Å². The molecular formula is C23H23IN4O3. The van der Waals surface area contributed by atoms with Gasteiger partial charge in [0.1, 0.15) is 0 Å². The fourth-order valence-electron chi connectivity index (χ4n) is 3.14. The fraction of sp³-hybridized carbons (Fsp3) is 0.174. The van der Waals surface area contributed by atoms with Crippen LogP contribution in [0.5, 0.6) is 0 Å². The summed E-state index contributed by atoms with van der Waals surface area (Å²) >= 11 is 2.23. The molecule has 0 aliphatic heterocycles. The number of hydrogen-bond acceptors (Lipinski definition) is 5. The van der Waals surface area contributed by atoms with Gasteiger partial charge in [-0.15, -0.1) is 0 Å². The summed E-state index contributed by atoms with van der Waals surface area (Å²) in [5, 5.41) is 7.14. The van der Waals surface area contributed by atoms with Gasteiger partial charge < -0.3 is 14.6 Å². The van der Waals surface area contributed by atoms with E-state index in [1.54, 1.807) is 18.3 Å². The third kappa shape index (κ3) is 5.72. The van der Waals surface area contributed by atoms with E-state index in [1.807, 2.05) is 56.3 Å². The zero-order valence-corrected chi connectivity index (χ0v) is 19.6. The Hall–Kier alpha value is -3.14. The Kier molecular flexibility index (Phi) is 7.45. The van der Waals surface area contributed by atoms with Crippen LogP contribution in [0, 0.1) is 17.4 Å². The number of amides is 1. The molecule has 0 saturated carbocycles.